The van der Waals surface area contributed by atoms with Gasteiger partial charge in [0.1, 0.15) is 0 Å². The smallest absolute Gasteiger partial charge is 0.261 e. The highest BCUT2D eigenvalue weighted by Gasteiger charge is 2.09. The lowest BCUT2D eigenvalue weighted by molar-refractivity contribution is 0.471. The van der Waals surface area contributed by atoms with E-state index in [1.54, 1.807) is 18.2 Å². The molecule has 0 aliphatic rings. The second-order valence-corrected chi connectivity index (χ2v) is 3.46. The van der Waals surface area contributed by atoms with E-state index in [0.29, 0.717) is 6.54 Å². The molecule has 0 radical (unpaired) electrons. The monoisotopic (exact) mass is 215 g/mol. The quantitative estimate of drug-likeness (QED) is 0.546. The second kappa shape index (κ2) is 7.53. The van der Waals surface area contributed by atoms with Gasteiger partial charge >= 0.3 is 0 Å². The van der Waals surface area contributed by atoms with Crippen molar-refractivity contribution in [2.75, 3.05) is 6.54 Å². The van der Waals surface area contributed by atoms with Gasteiger partial charge in [-0.1, -0.05) is 31.7 Å². The van der Waals surface area contributed by atoms with E-state index in [0.717, 1.165) is 12.1 Å². The molecule has 0 aromatic rings. The predicted molar refractivity (Wildman–Crippen MR) is 60.9 cm³/mol. The zero-order chi connectivity index (χ0) is 11.0. The Bertz CT molecular complexity index is 259. The van der Waals surface area contributed by atoms with Crippen molar-refractivity contribution in [2.24, 2.45) is 0 Å². The fourth-order valence-corrected chi connectivity index (χ4v) is 1.55. The van der Waals surface area contributed by atoms with Crippen LogP contribution in [0.3, 0.4) is 0 Å². The van der Waals surface area contributed by atoms with Crippen molar-refractivity contribution in [3.8, 4) is 0 Å². The van der Waals surface area contributed by atoms with Crippen LogP contribution in [-0.4, -0.2) is 19.6 Å². The van der Waals surface area contributed by atoms with E-state index >= 15 is 0 Å². The predicted octanol–water partition coefficient (Wildman–Crippen LogP) is 2.48. The van der Waals surface area contributed by atoms with Crippen molar-refractivity contribution >= 4 is 11.3 Å². The third-order valence-electron chi connectivity index (χ3n) is 1.58. The van der Waals surface area contributed by atoms with Gasteiger partial charge in [0, 0.05) is 12.2 Å². The van der Waals surface area contributed by atoms with Gasteiger partial charge in [-0.05, 0) is 19.4 Å². The van der Waals surface area contributed by atoms with E-state index in [1.165, 1.54) is 4.31 Å². The number of allylic oxidation sites excluding steroid dienone is 4. The van der Waals surface area contributed by atoms with E-state index < -0.39 is 11.3 Å². The molecule has 0 aromatic carbocycles. The summed E-state index contributed by atoms with van der Waals surface area (Å²) in [5, 5.41) is 0. The van der Waals surface area contributed by atoms with Crippen molar-refractivity contribution in [3.05, 3.63) is 36.6 Å². The van der Waals surface area contributed by atoms with Crippen LogP contribution in [0.25, 0.3) is 0 Å². The summed E-state index contributed by atoms with van der Waals surface area (Å²) in [6.45, 7) is 7.86. The summed E-state index contributed by atoms with van der Waals surface area (Å²) >= 11 is -1.96. The summed E-state index contributed by atoms with van der Waals surface area (Å²) in [4.78, 5) is 0. The highest BCUT2D eigenvalue weighted by molar-refractivity contribution is 7.76. The zero-order valence-corrected chi connectivity index (χ0v) is 9.46. The van der Waals surface area contributed by atoms with Crippen LogP contribution in [0.15, 0.2) is 36.6 Å². The first-order valence-electron chi connectivity index (χ1n) is 4.55. The molecular weight excluding hydrogens is 198 g/mol. The normalized spacial score (nSPS) is 14.4. The molecule has 0 aliphatic heterocycles. The van der Waals surface area contributed by atoms with Crippen molar-refractivity contribution in [3.63, 3.8) is 0 Å². The fourth-order valence-electron chi connectivity index (χ4n) is 1.01. The van der Waals surface area contributed by atoms with Crippen LogP contribution in [0.4, 0.5) is 0 Å². The molecular formula is C10H17NO2S. The maximum Gasteiger partial charge on any atom is 0.261 e. The number of hydrogen-bond donors (Lipinski definition) is 1. The number of rotatable bonds is 6. The van der Waals surface area contributed by atoms with E-state index in [9.17, 15) is 4.21 Å². The Morgan fingerprint density at radius 1 is 1.57 bits per heavy atom. The van der Waals surface area contributed by atoms with Crippen molar-refractivity contribution < 1.29 is 8.76 Å². The molecule has 0 aromatic heterocycles. The summed E-state index contributed by atoms with van der Waals surface area (Å²) in [6, 6.07) is 0. The molecule has 4 heteroatoms. The second-order valence-electron chi connectivity index (χ2n) is 2.56. The van der Waals surface area contributed by atoms with E-state index in [-0.39, 0.29) is 0 Å². The van der Waals surface area contributed by atoms with Crippen molar-refractivity contribution in [2.45, 2.75) is 20.3 Å². The number of hydrogen-bond acceptors (Lipinski definition) is 1. The van der Waals surface area contributed by atoms with Crippen LogP contribution < -0.4 is 0 Å². The van der Waals surface area contributed by atoms with Gasteiger partial charge in [0.05, 0.1) is 0 Å². The Hall–Kier alpha value is -0.870. The number of nitrogens with zero attached hydrogens (tertiary/aromatic N) is 1. The van der Waals surface area contributed by atoms with Crippen LogP contribution in [0.5, 0.6) is 0 Å². The van der Waals surface area contributed by atoms with Gasteiger partial charge in [-0.2, -0.15) is 0 Å². The molecule has 0 rings (SSSR count). The van der Waals surface area contributed by atoms with E-state index in [1.807, 2.05) is 19.9 Å². The summed E-state index contributed by atoms with van der Waals surface area (Å²) < 4.78 is 21.4. The first-order valence-corrected chi connectivity index (χ1v) is 5.61. The van der Waals surface area contributed by atoms with Crippen LogP contribution in [-0.2, 0) is 11.3 Å². The molecule has 1 N–H and O–H groups in total. The lowest BCUT2D eigenvalue weighted by atomic mass is 10.3. The van der Waals surface area contributed by atoms with E-state index in [4.69, 9.17) is 4.55 Å². The Morgan fingerprint density at radius 3 is 2.57 bits per heavy atom. The largest absolute Gasteiger partial charge is 0.289 e. The highest BCUT2D eigenvalue weighted by atomic mass is 32.2. The third kappa shape index (κ3) is 4.39. The molecule has 14 heavy (non-hydrogen) atoms. The van der Waals surface area contributed by atoms with Crippen molar-refractivity contribution in [1.29, 1.82) is 0 Å². The molecule has 0 amide bonds. The maximum absolute atomic E-state index is 10.9. The molecule has 0 saturated carbocycles. The summed E-state index contributed by atoms with van der Waals surface area (Å²) in [5.74, 6) is 0. The summed E-state index contributed by atoms with van der Waals surface area (Å²) in [7, 11) is 0. The molecule has 3 nitrogen and oxygen atoms in total. The van der Waals surface area contributed by atoms with Crippen molar-refractivity contribution in [1.82, 2.24) is 4.31 Å². The first-order chi connectivity index (χ1) is 6.67. The minimum Gasteiger partial charge on any atom is -0.289 e. The third-order valence-corrected chi connectivity index (χ3v) is 2.43. The molecule has 0 heterocycles. The molecule has 1 atom stereocenters. The Balaban J connectivity index is 4.78. The Labute approximate surface area is 88.2 Å². The Morgan fingerprint density at radius 2 is 2.21 bits per heavy atom. The molecule has 0 saturated heterocycles. The summed E-state index contributed by atoms with van der Waals surface area (Å²) in [5.41, 5.74) is 0.746. The van der Waals surface area contributed by atoms with Crippen LogP contribution >= 0.6 is 0 Å². The number of likely N-dealkylation sites (N-methyl/N-ethyl adjacent to an activating group) is 1. The molecule has 80 valence electrons. The lowest BCUT2D eigenvalue weighted by Crippen LogP contribution is -2.23. The van der Waals surface area contributed by atoms with Gasteiger partial charge in [0.2, 0.25) is 0 Å². The lowest BCUT2D eigenvalue weighted by Gasteiger charge is -2.18. The van der Waals surface area contributed by atoms with Crippen LogP contribution in [0, 0.1) is 0 Å². The Kier molecular flexibility index (Phi) is 7.06. The minimum atomic E-state index is -1.96. The molecule has 0 fully saturated rings. The van der Waals surface area contributed by atoms with Crippen LogP contribution in [0.2, 0.25) is 0 Å². The SMILES string of the molecule is C=C/C=C\C(=C/CC)N(CC)S(=O)O. The van der Waals surface area contributed by atoms with Gasteiger partial charge < -0.3 is 0 Å². The topological polar surface area (TPSA) is 40.5 Å². The molecule has 0 spiro atoms. The van der Waals surface area contributed by atoms with Gasteiger partial charge in [-0.3, -0.25) is 8.86 Å². The standard InChI is InChI=1S/C10H17NO2S/c1-4-7-9-10(8-5-2)11(6-3)14(12)13/h4,7-9H,1,5-6H2,2-3H3,(H,12,13)/b9-7-,10-8+. The average Bonchev–Trinajstić information content (AvgIpc) is 2.14. The zero-order valence-electron chi connectivity index (χ0n) is 8.64. The van der Waals surface area contributed by atoms with Crippen LogP contribution in [0.1, 0.15) is 20.3 Å². The van der Waals surface area contributed by atoms with Gasteiger partial charge in [0.15, 0.2) is 0 Å². The van der Waals surface area contributed by atoms with E-state index in [2.05, 4.69) is 6.58 Å². The highest BCUT2D eigenvalue weighted by Crippen LogP contribution is 2.09. The fraction of sp³-hybridized carbons (Fsp3) is 0.400. The van der Waals surface area contributed by atoms with Gasteiger partial charge in [-0.25, -0.2) is 4.21 Å². The maximum atomic E-state index is 10.9. The molecule has 1 unspecified atom stereocenters. The first kappa shape index (κ1) is 13.1. The average molecular weight is 215 g/mol. The molecule has 0 aliphatic carbocycles. The van der Waals surface area contributed by atoms with Gasteiger partial charge in [-0.15, -0.1) is 0 Å². The minimum absolute atomic E-state index is 0.496. The van der Waals surface area contributed by atoms with Gasteiger partial charge in [0.25, 0.3) is 11.3 Å². The summed E-state index contributed by atoms with van der Waals surface area (Å²) in [6.07, 6.45) is 7.88. The molecule has 0 bridgehead atoms.